The number of thioether (sulfide) groups is 1. The molecule has 1 aliphatic heterocycles. The third-order valence-corrected chi connectivity index (χ3v) is 5.17. The molecule has 0 atom stereocenters. The molecule has 0 aromatic heterocycles. The third-order valence-electron chi connectivity index (χ3n) is 3.31. The van der Waals surface area contributed by atoms with E-state index in [2.05, 4.69) is 33.6 Å². The van der Waals surface area contributed by atoms with Crippen LogP contribution in [0.5, 0.6) is 5.75 Å². The summed E-state index contributed by atoms with van der Waals surface area (Å²) in [6.45, 7) is 1.26. The lowest BCUT2D eigenvalue weighted by molar-refractivity contribution is -0.384. The lowest BCUT2D eigenvalue weighted by Gasteiger charge is -2.10. The Morgan fingerprint density at radius 3 is 2.65 bits per heavy atom. The van der Waals surface area contributed by atoms with Gasteiger partial charge in [0.15, 0.2) is 0 Å². The first-order valence-corrected chi connectivity index (χ1v) is 9.03. The first-order chi connectivity index (χ1) is 11.1. The van der Waals surface area contributed by atoms with Crippen LogP contribution in [0.2, 0.25) is 0 Å². The third kappa shape index (κ3) is 4.03. The van der Waals surface area contributed by atoms with E-state index in [4.69, 9.17) is 4.74 Å². The maximum absolute atomic E-state index is 10.6. The van der Waals surface area contributed by atoms with Crippen molar-refractivity contribution in [3.05, 3.63) is 67.3 Å². The highest BCUT2D eigenvalue weighted by molar-refractivity contribution is 14.1. The minimum Gasteiger partial charge on any atom is -0.488 e. The number of hydrogen-bond acceptors (Lipinski definition) is 5. The van der Waals surface area contributed by atoms with E-state index in [1.165, 1.54) is 12.1 Å². The molecular weight excluding hydrogens is 427 g/mol. The van der Waals surface area contributed by atoms with Crippen LogP contribution in [-0.2, 0) is 6.61 Å². The van der Waals surface area contributed by atoms with Gasteiger partial charge >= 0.3 is 0 Å². The molecular formula is C16H13IN2O3S. The normalized spacial score (nSPS) is 13.7. The molecule has 1 heterocycles. The fraction of sp³-hybridized carbons (Fsp3) is 0.188. The van der Waals surface area contributed by atoms with Crippen molar-refractivity contribution in [2.75, 3.05) is 12.3 Å². The Labute approximate surface area is 151 Å². The molecule has 0 saturated carbocycles. The Hall–Kier alpha value is -1.61. The van der Waals surface area contributed by atoms with Crippen LogP contribution >= 0.6 is 34.4 Å². The fourth-order valence-corrected chi connectivity index (χ4v) is 3.66. The van der Waals surface area contributed by atoms with Crippen LogP contribution in [0.1, 0.15) is 11.1 Å². The maximum Gasteiger partial charge on any atom is 0.269 e. The van der Waals surface area contributed by atoms with Gasteiger partial charge in [0.25, 0.3) is 5.69 Å². The summed E-state index contributed by atoms with van der Waals surface area (Å²) in [7, 11) is 0. The number of nitrogens with zero attached hydrogens (tertiary/aromatic N) is 2. The number of non-ortho nitro benzene ring substituents is 1. The van der Waals surface area contributed by atoms with E-state index in [1.807, 2.05) is 12.1 Å². The predicted octanol–water partition coefficient (Wildman–Crippen LogP) is 4.27. The maximum atomic E-state index is 10.6. The SMILES string of the molecule is O=[N+]([O-])c1ccc(COc2ccc(C3=NCCS3)cc2I)cc1. The Bertz CT molecular complexity index is 762. The Morgan fingerprint density at radius 1 is 1.26 bits per heavy atom. The summed E-state index contributed by atoms with van der Waals surface area (Å²) in [5.74, 6) is 1.85. The van der Waals surface area contributed by atoms with Crippen molar-refractivity contribution in [3.8, 4) is 5.75 Å². The second-order valence-electron chi connectivity index (χ2n) is 4.89. The first kappa shape index (κ1) is 16.3. The molecule has 118 valence electrons. The molecule has 0 N–H and O–H groups in total. The zero-order chi connectivity index (χ0) is 16.2. The van der Waals surface area contributed by atoms with Gasteiger partial charge in [0.05, 0.1) is 13.5 Å². The largest absolute Gasteiger partial charge is 0.488 e. The molecule has 0 spiro atoms. The van der Waals surface area contributed by atoms with Crippen molar-refractivity contribution in [3.63, 3.8) is 0 Å². The molecule has 0 aliphatic carbocycles. The molecule has 0 unspecified atom stereocenters. The number of aliphatic imine (C=N–C) groups is 1. The van der Waals surface area contributed by atoms with Crippen LogP contribution in [-0.4, -0.2) is 22.3 Å². The van der Waals surface area contributed by atoms with Gasteiger partial charge in [-0.1, -0.05) is 0 Å². The van der Waals surface area contributed by atoms with Crippen molar-refractivity contribution in [2.24, 2.45) is 4.99 Å². The number of nitro groups is 1. The van der Waals surface area contributed by atoms with E-state index in [0.717, 1.165) is 37.8 Å². The minimum absolute atomic E-state index is 0.0857. The number of hydrogen-bond donors (Lipinski definition) is 0. The van der Waals surface area contributed by atoms with Crippen LogP contribution in [0.15, 0.2) is 47.5 Å². The highest BCUT2D eigenvalue weighted by Gasteiger charge is 2.12. The molecule has 0 bridgehead atoms. The average Bonchev–Trinajstić information content (AvgIpc) is 3.08. The van der Waals surface area contributed by atoms with Gasteiger partial charge in [-0.3, -0.25) is 15.1 Å². The predicted molar refractivity (Wildman–Crippen MR) is 100 cm³/mol. The molecule has 2 aromatic rings. The van der Waals surface area contributed by atoms with E-state index >= 15 is 0 Å². The molecule has 2 aromatic carbocycles. The van der Waals surface area contributed by atoms with Crippen molar-refractivity contribution in [1.29, 1.82) is 0 Å². The summed E-state index contributed by atoms with van der Waals surface area (Å²) in [6, 6.07) is 12.4. The fourth-order valence-electron chi connectivity index (χ4n) is 2.14. The standard InChI is InChI=1S/C16H13IN2O3S/c17-14-9-12(16-18-7-8-23-16)3-6-15(14)22-10-11-1-4-13(5-2-11)19(20)21/h1-6,9H,7-8,10H2. The number of benzene rings is 2. The summed E-state index contributed by atoms with van der Waals surface area (Å²) in [5, 5.41) is 11.7. The van der Waals surface area contributed by atoms with Crippen LogP contribution in [0.25, 0.3) is 0 Å². The summed E-state index contributed by atoms with van der Waals surface area (Å²) in [6.07, 6.45) is 0. The van der Waals surface area contributed by atoms with Gasteiger partial charge in [0, 0.05) is 30.0 Å². The second-order valence-corrected chi connectivity index (χ2v) is 7.14. The average molecular weight is 440 g/mol. The number of ether oxygens (including phenoxy) is 1. The molecule has 0 fully saturated rings. The smallest absolute Gasteiger partial charge is 0.269 e. The lowest BCUT2D eigenvalue weighted by Crippen LogP contribution is -1.99. The number of rotatable bonds is 5. The second kappa shape index (κ2) is 7.31. The lowest BCUT2D eigenvalue weighted by atomic mass is 10.2. The van der Waals surface area contributed by atoms with Crippen molar-refractivity contribution < 1.29 is 9.66 Å². The van der Waals surface area contributed by atoms with Crippen LogP contribution in [0, 0.1) is 13.7 Å². The Kier molecular flexibility index (Phi) is 5.16. The van der Waals surface area contributed by atoms with E-state index in [-0.39, 0.29) is 5.69 Å². The van der Waals surface area contributed by atoms with E-state index in [0.29, 0.717) is 6.61 Å². The zero-order valence-corrected chi connectivity index (χ0v) is 15.0. The molecule has 1 aliphatic rings. The van der Waals surface area contributed by atoms with Gasteiger partial charge < -0.3 is 4.74 Å². The molecule has 23 heavy (non-hydrogen) atoms. The Balaban J connectivity index is 1.67. The monoisotopic (exact) mass is 440 g/mol. The summed E-state index contributed by atoms with van der Waals surface area (Å²) >= 11 is 4.03. The van der Waals surface area contributed by atoms with Crippen molar-refractivity contribution in [2.45, 2.75) is 6.61 Å². The molecule has 5 nitrogen and oxygen atoms in total. The summed E-state index contributed by atoms with van der Waals surface area (Å²) in [4.78, 5) is 14.7. The molecule has 0 saturated heterocycles. The molecule has 0 radical (unpaired) electrons. The van der Waals surface area contributed by atoms with E-state index in [1.54, 1.807) is 23.9 Å². The molecule has 7 heteroatoms. The van der Waals surface area contributed by atoms with Crippen LogP contribution in [0.3, 0.4) is 0 Å². The van der Waals surface area contributed by atoms with Gasteiger partial charge in [0.2, 0.25) is 0 Å². The van der Waals surface area contributed by atoms with E-state index in [9.17, 15) is 10.1 Å². The van der Waals surface area contributed by atoms with Crippen LogP contribution in [0.4, 0.5) is 5.69 Å². The number of nitro benzene ring substituents is 1. The highest BCUT2D eigenvalue weighted by Crippen LogP contribution is 2.27. The quantitative estimate of drug-likeness (QED) is 0.396. The van der Waals surface area contributed by atoms with Crippen molar-refractivity contribution >= 4 is 45.1 Å². The molecule has 3 rings (SSSR count). The van der Waals surface area contributed by atoms with Gasteiger partial charge in [0.1, 0.15) is 12.4 Å². The van der Waals surface area contributed by atoms with Gasteiger partial charge in [-0.25, -0.2) is 0 Å². The number of halogens is 1. The molecule has 0 amide bonds. The van der Waals surface area contributed by atoms with Gasteiger partial charge in [-0.15, -0.1) is 11.8 Å². The van der Waals surface area contributed by atoms with Crippen molar-refractivity contribution in [1.82, 2.24) is 0 Å². The topological polar surface area (TPSA) is 64.7 Å². The Morgan fingerprint density at radius 2 is 2.04 bits per heavy atom. The summed E-state index contributed by atoms with van der Waals surface area (Å²) in [5.41, 5.74) is 2.10. The summed E-state index contributed by atoms with van der Waals surface area (Å²) < 4.78 is 6.84. The minimum atomic E-state index is -0.407. The first-order valence-electron chi connectivity index (χ1n) is 6.97. The van der Waals surface area contributed by atoms with Crippen LogP contribution < -0.4 is 4.74 Å². The van der Waals surface area contributed by atoms with Gasteiger partial charge in [-0.2, -0.15) is 0 Å². The highest BCUT2D eigenvalue weighted by atomic mass is 127. The zero-order valence-electron chi connectivity index (χ0n) is 12.1. The van der Waals surface area contributed by atoms with E-state index < -0.39 is 4.92 Å². The van der Waals surface area contributed by atoms with Gasteiger partial charge in [-0.05, 0) is 58.5 Å².